The molecule has 0 radical (unpaired) electrons. The van der Waals surface area contributed by atoms with Gasteiger partial charge in [-0.15, -0.1) is 0 Å². The highest BCUT2D eigenvalue weighted by atomic mass is 19.1. The summed E-state index contributed by atoms with van der Waals surface area (Å²) in [6.07, 6.45) is 7.42. The minimum Gasteiger partial charge on any atom is -0.445 e. The number of aryl methyl sites for hydroxylation is 1. The third-order valence-corrected chi connectivity index (χ3v) is 12.2. The number of fused-ring (bicyclic) bond motifs is 1. The number of amides is 8. The average Bonchev–Trinajstić information content (AvgIpc) is 4.12. The van der Waals surface area contributed by atoms with E-state index in [0.29, 0.717) is 71.1 Å². The molecule has 5 heterocycles. The topological polar surface area (TPSA) is 281 Å². The molecule has 0 aliphatic carbocycles. The number of halogens is 1. The lowest BCUT2D eigenvalue weighted by molar-refractivity contribution is -0.137. The van der Waals surface area contributed by atoms with E-state index in [1.807, 2.05) is 43.5 Å². The van der Waals surface area contributed by atoms with E-state index in [9.17, 15) is 38.0 Å². The van der Waals surface area contributed by atoms with E-state index in [0.717, 1.165) is 16.2 Å². The predicted molar refractivity (Wildman–Crippen MR) is 274 cm³/mol. The highest BCUT2D eigenvalue weighted by Crippen LogP contribution is 2.30. The number of nitrogens with zero attached hydrogens (tertiary/aromatic N) is 7. The fourth-order valence-corrected chi connectivity index (χ4v) is 8.27. The minimum atomic E-state index is -1.08. The molecule has 0 saturated heterocycles. The van der Waals surface area contributed by atoms with E-state index in [2.05, 4.69) is 36.3 Å². The zero-order valence-electron chi connectivity index (χ0n) is 41.9. The number of primary amides is 1. The molecule has 1 unspecified atom stereocenters. The van der Waals surface area contributed by atoms with Gasteiger partial charge in [0.2, 0.25) is 17.7 Å². The Balaban J connectivity index is 0.985. The van der Waals surface area contributed by atoms with Gasteiger partial charge >= 0.3 is 12.1 Å². The van der Waals surface area contributed by atoms with Gasteiger partial charge in [0.05, 0.1) is 17.9 Å². The van der Waals surface area contributed by atoms with Gasteiger partial charge in [-0.05, 0) is 105 Å². The second kappa shape index (κ2) is 25.7. The van der Waals surface area contributed by atoms with Crippen LogP contribution in [0.25, 0.3) is 28.3 Å². The number of nitrogens with two attached hydrogens (primary N) is 1. The van der Waals surface area contributed by atoms with Gasteiger partial charge in [-0.2, -0.15) is 5.10 Å². The summed E-state index contributed by atoms with van der Waals surface area (Å²) in [7, 11) is 0. The number of anilines is 1. The van der Waals surface area contributed by atoms with Crippen molar-refractivity contribution in [2.24, 2.45) is 11.7 Å². The fraction of sp³-hybridized carbons (Fsp3) is 0.340. The molecule has 7 rings (SSSR count). The van der Waals surface area contributed by atoms with Crippen LogP contribution >= 0.6 is 0 Å². The van der Waals surface area contributed by atoms with Gasteiger partial charge in [0, 0.05) is 61.3 Å². The number of nitrogens with one attached hydrogen (secondary N) is 5. The SMILES string of the molecule is Cc1cccc(-c2nc(CN(CCc3cccc(F)c3)C(=O)OCc3ccc(NC(=O)[C@H](CCCNC(N)=O)NC(=O)C(NC(=O)CCCCCN4C(=O)C=CC4=O)C(C)C)cc3)[nH]c2-c2ccc3ncnn3c2)n1. The maximum Gasteiger partial charge on any atom is 0.410 e. The predicted octanol–water partition coefficient (Wildman–Crippen LogP) is 5.51. The number of urea groups is 1. The van der Waals surface area contributed by atoms with Crippen LogP contribution in [-0.4, -0.2) is 113 Å². The van der Waals surface area contributed by atoms with E-state index >= 15 is 0 Å². The van der Waals surface area contributed by atoms with Crippen LogP contribution in [0.15, 0.2) is 104 Å². The number of aromatic nitrogens is 6. The van der Waals surface area contributed by atoms with Crippen LogP contribution in [0.5, 0.6) is 0 Å². The number of hydrogen-bond donors (Lipinski definition) is 6. The number of rotatable bonds is 25. The Bertz CT molecular complexity index is 3030. The summed E-state index contributed by atoms with van der Waals surface area (Å²) in [6, 6.07) is 19.3. The number of ether oxygens (including phenoxy) is 1. The molecule has 392 valence electrons. The highest BCUT2D eigenvalue weighted by Gasteiger charge is 2.29. The summed E-state index contributed by atoms with van der Waals surface area (Å²) in [5, 5.41) is 15.1. The molecule has 7 N–H and O–H groups in total. The standard InChI is InChI=1S/C53H60FN13O8/c1-33(2)47(64-44(68)15-5-4-6-26-66-45(69)22-23-46(66)70)51(72)61-41(14-9-25-56-52(55)73)50(71)60-39-19-16-36(17-20-39)31-75-53(74)65(27-24-35-11-8-12-38(54)28-35)30-42-62-48(37-18-21-43-57-32-58-67(43)29-37)49(63-42)40-13-7-10-34(3)59-40/h7-8,10-13,16-23,28-29,32-33,41,47H,4-6,9,14-15,24-27,30-31H2,1-3H3,(H,60,71)(H,61,72)(H,62,63)(H,64,68)(H3,55,56,73)/t41-,47?/m0/s1. The Hall–Kier alpha value is -8.82. The second-order valence-corrected chi connectivity index (χ2v) is 18.3. The molecule has 8 amide bonds. The summed E-state index contributed by atoms with van der Waals surface area (Å²) in [5.74, 6) is -2.55. The molecule has 0 spiro atoms. The summed E-state index contributed by atoms with van der Waals surface area (Å²) < 4.78 is 21.7. The van der Waals surface area contributed by atoms with Crippen molar-refractivity contribution in [2.75, 3.05) is 25.0 Å². The minimum absolute atomic E-state index is 0.00278. The molecule has 6 aromatic rings. The number of carbonyl (C=O) groups is 7. The molecule has 1 aliphatic rings. The highest BCUT2D eigenvalue weighted by molar-refractivity contribution is 6.12. The Morgan fingerprint density at radius 1 is 0.867 bits per heavy atom. The zero-order chi connectivity index (χ0) is 53.4. The van der Waals surface area contributed by atoms with Crippen LogP contribution in [0.4, 0.5) is 19.7 Å². The number of imidazole rings is 1. The molecule has 2 aromatic carbocycles. The maximum absolute atomic E-state index is 14.2. The van der Waals surface area contributed by atoms with Crippen LogP contribution in [-0.2, 0) is 48.3 Å². The Labute approximate surface area is 431 Å². The van der Waals surface area contributed by atoms with Gasteiger partial charge in [0.1, 0.15) is 42.4 Å². The van der Waals surface area contributed by atoms with Crippen molar-refractivity contribution in [2.45, 2.75) is 91.0 Å². The fourth-order valence-electron chi connectivity index (χ4n) is 8.27. The molecule has 1 aliphatic heterocycles. The average molecular weight is 1030 g/mol. The van der Waals surface area contributed by atoms with Crippen molar-refractivity contribution in [3.05, 3.63) is 132 Å². The van der Waals surface area contributed by atoms with Crippen LogP contribution in [0, 0.1) is 18.7 Å². The van der Waals surface area contributed by atoms with E-state index in [1.54, 1.807) is 54.8 Å². The first-order valence-electron chi connectivity index (χ1n) is 24.7. The van der Waals surface area contributed by atoms with Gasteiger partial charge in [-0.3, -0.25) is 33.9 Å². The van der Waals surface area contributed by atoms with Crippen LogP contribution in [0.3, 0.4) is 0 Å². The number of hydrogen-bond acceptors (Lipinski definition) is 12. The largest absolute Gasteiger partial charge is 0.445 e. The van der Waals surface area contributed by atoms with Crippen molar-refractivity contribution >= 4 is 53.0 Å². The van der Waals surface area contributed by atoms with Crippen molar-refractivity contribution in [1.82, 2.24) is 55.3 Å². The van der Waals surface area contributed by atoms with Crippen LogP contribution < -0.4 is 27.0 Å². The van der Waals surface area contributed by atoms with Gasteiger partial charge in [0.15, 0.2) is 5.65 Å². The van der Waals surface area contributed by atoms with Gasteiger partial charge < -0.3 is 41.6 Å². The Morgan fingerprint density at radius 3 is 2.37 bits per heavy atom. The first-order chi connectivity index (χ1) is 36.1. The smallest absolute Gasteiger partial charge is 0.410 e. The number of aromatic amines is 1. The molecule has 4 aromatic heterocycles. The molecular formula is C53H60FN13O8. The monoisotopic (exact) mass is 1030 g/mol. The van der Waals surface area contributed by atoms with Gasteiger partial charge in [-0.1, -0.05) is 50.6 Å². The molecule has 75 heavy (non-hydrogen) atoms. The summed E-state index contributed by atoms with van der Waals surface area (Å²) in [6.45, 7) is 5.80. The lowest BCUT2D eigenvalue weighted by Crippen LogP contribution is -2.54. The number of pyridine rings is 2. The van der Waals surface area contributed by atoms with E-state index in [4.69, 9.17) is 20.4 Å². The molecule has 0 saturated carbocycles. The Morgan fingerprint density at radius 2 is 1.64 bits per heavy atom. The molecule has 21 nitrogen and oxygen atoms in total. The van der Waals surface area contributed by atoms with E-state index in [-0.39, 0.29) is 75.7 Å². The summed E-state index contributed by atoms with van der Waals surface area (Å²) in [4.78, 5) is 109. The molecular weight excluding hydrogens is 966 g/mol. The Kier molecular flexibility index (Phi) is 18.5. The second-order valence-electron chi connectivity index (χ2n) is 18.3. The number of imide groups is 1. The lowest BCUT2D eigenvalue weighted by atomic mass is 10.0. The van der Waals surface area contributed by atoms with Crippen molar-refractivity contribution in [3.63, 3.8) is 0 Å². The summed E-state index contributed by atoms with van der Waals surface area (Å²) in [5.41, 5.74) is 10.9. The molecule has 22 heteroatoms. The van der Waals surface area contributed by atoms with Gasteiger partial charge in [0.25, 0.3) is 11.8 Å². The molecule has 2 atom stereocenters. The van der Waals surface area contributed by atoms with Crippen LogP contribution in [0.1, 0.15) is 75.0 Å². The first kappa shape index (κ1) is 54.0. The number of H-pyrrole nitrogens is 1. The van der Waals surface area contributed by atoms with Crippen molar-refractivity contribution in [3.8, 4) is 22.6 Å². The number of benzene rings is 2. The van der Waals surface area contributed by atoms with E-state index in [1.165, 1.54) is 35.5 Å². The summed E-state index contributed by atoms with van der Waals surface area (Å²) >= 11 is 0. The third kappa shape index (κ3) is 15.4. The lowest BCUT2D eigenvalue weighted by Gasteiger charge is -2.25. The van der Waals surface area contributed by atoms with Crippen molar-refractivity contribution in [1.29, 1.82) is 0 Å². The quantitative estimate of drug-likeness (QED) is 0.0306. The zero-order valence-corrected chi connectivity index (χ0v) is 41.9. The van der Waals surface area contributed by atoms with Crippen molar-refractivity contribution < 1.29 is 42.7 Å². The molecule has 0 bridgehead atoms. The third-order valence-electron chi connectivity index (χ3n) is 12.2. The molecule has 0 fully saturated rings. The first-order valence-corrected chi connectivity index (χ1v) is 24.7. The number of carbonyl (C=O) groups excluding carboxylic acids is 7. The maximum atomic E-state index is 14.2. The van der Waals surface area contributed by atoms with E-state index < -0.39 is 41.8 Å². The number of unbranched alkanes of at least 4 members (excludes halogenated alkanes) is 2. The normalized spacial score (nSPS) is 12.9. The van der Waals surface area contributed by atoms with Gasteiger partial charge in [-0.25, -0.2) is 28.5 Å². The van der Waals surface area contributed by atoms with Crippen LogP contribution in [0.2, 0.25) is 0 Å².